The smallest absolute Gasteiger partial charge is 0.0726 e. The quantitative estimate of drug-likeness (QED) is 0.119. The van der Waals surface area contributed by atoms with Crippen LogP contribution in [0.3, 0.4) is 0 Å². The second kappa shape index (κ2) is 30.9. The molecule has 664 valence electrons. The van der Waals surface area contributed by atoms with E-state index >= 15 is 0 Å². The maximum absolute atomic E-state index is 2.61. The van der Waals surface area contributed by atoms with Crippen molar-refractivity contribution in [3.8, 4) is 100 Å². The van der Waals surface area contributed by atoms with Crippen LogP contribution < -0.4 is 9.80 Å². The first-order valence-corrected chi connectivity index (χ1v) is 50.3. The summed E-state index contributed by atoms with van der Waals surface area (Å²) < 4.78 is 0. The summed E-state index contributed by atoms with van der Waals surface area (Å²) in [6.07, 6.45) is 0. The van der Waals surface area contributed by atoms with Gasteiger partial charge in [-0.15, -0.1) is 0 Å². The molecule has 0 aromatic heterocycles. The minimum Gasteiger partial charge on any atom is -0.310 e. The highest BCUT2D eigenvalue weighted by atomic mass is 15.2. The summed E-state index contributed by atoms with van der Waals surface area (Å²) in [6, 6.07) is 199. The van der Waals surface area contributed by atoms with Crippen LogP contribution >= 0.6 is 0 Å². The third kappa shape index (κ3) is 11.4. The maximum atomic E-state index is 2.61. The number of benzene rings is 27. The molecule has 2 nitrogen and oxygen atoms in total. The van der Waals surface area contributed by atoms with Crippen molar-refractivity contribution in [2.75, 3.05) is 9.80 Å². The molecule has 0 unspecified atom stereocenters. The lowest BCUT2D eigenvalue weighted by molar-refractivity contribution is 0.794. The molecule has 0 atom stereocenters. The van der Waals surface area contributed by atoms with E-state index in [9.17, 15) is 0 Å². The summed E-state index contributed by atoms with van der Waals surface area (Å²) in [7, 11) is 0. The fraction of sp³-hybridized carbons (Fsp3) is 0.0141. The zero-order chi connectivity index (χ0) is 94.1. The number of fused-ring (bicyclic) bond motifs is 38. The van der Waals surface area contributed by atoms with Crippen LogP contribution in [0.2, 0.25) is 0 Å². The Labute approximate surface area is 833 Å². The van der Waals surface area contributed by atoms with Crippen LogP contribution in [0.4, 0.5) is 34.1 Å². The molecular weight excluding hydrogens is 1730 g/mol. The number of nitrogens with zero attached hydrogens (tertiary/aromatic N) is 2. The van der Waals surface area contributed by atoms with Crippen LogP contribution in [0.25, 0.3) is 219 Å². The fourth-order valence-corrected chi connectivity index (χ4v) is 26.7. The lowest BCUT2D eigenvalue weighted by Crippen LogP contribution is -2.26. The molecule has 0 radical (unpaired) electrons. The highest BCUT2D eigenvalue weighted by Crippen LogP contribution is 2.68. The average molecular weight is 1820 g/mol. The van der Waals surface area contributed by atoms with Crippen molar-refractivity contribution >= 4 is 153 Å². The number of hydrogen-bond acceptors (Lipinski definition) is 2. The van der Waals surface area contributed by atoms with Gasteiger partial charge >= 0.3 is 0 Å². The van der Waals surface area contributed by atoms with Crippen molar-refractivity contribution in [2.45, 2.75) is 10.8 Å². The Balaban J connectivity index is 0.582. The van der Waals surface area contributed by atoms with E-state index in [-0.39, 0.29) is 0 Å². The zero-order valence-electron chi connectivity index (χ0n) is 78.5. The number of rotatable bonds is 11. The van der Waals surface area contributed by atoms with E-state index in [1.165, 1.54) is 230 Å². The minimum absolute atomic E-state index is 0.603. The van der Waals surface area contributed by atoms with Crippen molar-refractivity contribution in [1.29, 1.82) is 0 Å². The van der Waals surface area contributed by atoms with Gasteiger partial charge in [0.2, 0.25) is 0 Å². The van der Waals surface area contributed by atoms with Crippen molar-refractivity contribution in [3.05, 3.63) is 566 Å². The van der Waals surface area contributed by atoms with Crippen molar-refractivity contribution in [2.24, 2.45) is 0 Å². The van der Waals surface area contributed by atoms with Crippen molar-refractivity contribution in [3.63, 3.8) is 0 Å². The van der Waals surface area contributed by atoms with E-state index in [0.717, 1.165) is 67.5 Å². The van der Waals surface area contributed by atoms with Gasteiger partial charge in [-0.05, 0) is 319 Å². The standard InChI is InChI=1S/C142H86N2/c1-4-34-99-87(29-1)32-27-51-100(99)90-60-65-93(66-61-90)123-83-128-120-49-19-25-56-134(120)141(130-52-21-15-45-116(130)117-46-16-22-53-131(117)141)136(128)85-139(123)143(96-71-69-92-64-59-89-31-2-5-35-101(89)122(92)80-96)97-72-76-115-125-79-95(70-74-113(125)110-42-12-14-44-112(110)127(115)81-97)103-78-77-102(105-37-7-8-38-106(103)105)91-62-67-94(68-63-91)124-84-129-121-50-20-26-57-135(121)142(132-54-23-17-47-118(132)119-48-18-24-55-133(119)142)137(129)86-140(124)144(138-58-28-33-88-30-3-6-36-104(88)138)98-73-75-114-109-41-10-9-39-107(109)108-40-11-13-43-111(108)126(114)82-98/h1-86H. The highest BCUT2D eigenvalue weighted by molar-refractivity contribution is 6.29. The summed E-state index contributed by atoms with van der Waals surface area (Å²) in [5.41, 5.74) is 37.4. The molecule has 144 heavy (non-hydrogen) atoms. The largest absolute Gasteiger partial charge is 0.310 e. The van der Waals surface area contributed by atoms with Crippen LogP contribution in [-0.2, 0) is 10.8 Å². The van der Waals surface area contributed by atoms with Crippen LogP contribution in [0.15, 0.2) is 522 Å². The summed E-state index contributed by atoms with van der Waals surface area (Å²) in [5.74, 6) is 0. The molecule has 0 saturated heterocycles. The van der Waals surface area contributed by atoms with Gasteiger partial charge in [-0.1, -0.05) is 449 Å². The van der Waals surface area contributed by atoms with E-state index in [0.29, 0.717) is 0 Å². The Morgan fingerprint density at radius 3 is 0.833 bits per heavy atom. The molecule has 27 aromatic rings. The van der Waals surface area contributed by atoms with Gasteiger partial charge < -0.3 is 9.80 Å². The molecule has 4 aliphatic carbocycles. The molecule has 0 saturated carbocycles. The minimum atomic E-state index is -0.617. The van der Waals surface area contributed by atoms with Crippen molar-refractivity contribution < 1.29 is 0 Å². The SMILES string of the molecule is c1ccc2c(c1)-c1ccccc1C21c2ccccc2-c2cc(-c3ccc(-c4cccc5ccccc45)cc3)c(N(c3ccc4ccc5ccccc5c4c3)c3ccc4c5cc(-c6ccc(-c7ccc(-c8cc9c(cc8N(c8ccc%10c%11ccccc%11c%11ccccc%11c%10c8)c8cccc%10ccccc8%10)C8(c%10ccccc%10-c%10ccccc%108)c8ccccc8-9)cc7)c7ccccc67)ccc5c5ccccc5c4c3)cc21. The van der Waals surface area contributed by atoms with E-state index in [2.05, 4.69) is 532 Å². The molecule has 4 aliphatic rings. The van der Waals surface area contributed by atoms with E-state index in [1.807, 2.05) is 0 Å². The van der Waals surface area contributed by atoms with Gasteiger partial charge in [0, 0.05) is 33.6 Å². The van der Waals surface area contributed by atoms with Crippen LogP contribution in [0.5, 0.6) is 0 Å². The Morgan fingerprint density at radius 2 is 0.375 bits per heavy atom. The zero-order valence-corrected chi connectivity index (χ0v) is 78.5. The van der Waals surface area contributed by atoms with Crippen LogP contribution in [-0.4, -0.2) is 0 Å². The molecule has 0 aliphatic heterocycles. The summed E-state index contributed by atoms with van der Waals surface area (Å²) in [5, 5.41) is 26.7. The summed E-state index contributed by atoms with van der Waals surface area (Å²) >= 11 is 0. The molecule has 0 amide bonds. The second-order valence-electron chi connectivity index (χ2n) is 39.7. The predicted molar refractivity (Wildman–Crippen MR) is 608 cm³/mol. The lowest BCUT2D eigenvalue weighted by Gasteiger charge is -2.34. The molecule has 0 fully saturated rings. The Kier molecular flexibility index (Phi) is 17.3. The van der Waals surface area contributed by atoms with Gasteiger partial charge in [0.05, 0.1) is 27.9 Å². The normalized spacial score (nSPS) is 13.1. The molecule has 0 bridgehead atoms. The third-order valence-corrected chi connectivity index (χ3v) is 32.8. The molecular formula is C142H86N2. The molecule has 2 spiro atoms. The second-order valence-corrected chi connectivity index (χ2v) is 39.7. The van der Waals surface area contributed by atoms with Crippen molar-refractivity contribution in [1.82, 2.24) is 0 Å². The predicted octanol–water partition coefficient (Wildman–Crippen LogP) is 38.3. The summed E-state index contributed by atoms with van der Waals surface area (Å²) in [6.45, 7) is 0. The fourth-order valence-electron chi connectivity index (χ4n) is 26.7. The highest BCUT2D eigenvalue weighted by Gasteiger charge is 2.54. The Hall–Kier alpha value is -18.6. The van der Waals surface area contributed by atoms with Gasteiger partial charge in [-0.25, -0.2) is 0 Å². The summed E-state index contributed by atoms with van der Waals surface area (Å²) in [4.78, 5) is 5.21. The van der Waals surface area contributed by atoms with Crippen LogP contribution in [0.1, 0.15) is 44.5 Å². The van der Waals surface area contributed by atoms with Gasteiger partial charge in [0.1, 0.15) is 0 Å². The first-order chi connectivity index (χ1) is 71.4. The van der Waals surface area contributed by atoms with E-state index in [4.69, 9.17) is 0 Å². The first-order valence-electron chi connectivity index (χ1n) is 50.3. The molecule has 0 N–H and O–H groups in total. The van der Waals surface area contributed by atoms with Gasteiger partial charge in [0.15, 0.2) is 0 Å². The molecule has 2 heteroatoms. The van der Waals surface area contributed by atoms with E-state index in [1.54, 1.807) is 0 Å². The van der Waals surface area contributed by atoms with Gasteiger partial charge in [-0.3, -0.25) is 0 Å². The number of hydrogen-bond donors (Lipinski definition) is 0. The van der Waals surface area contributed by atoms with Crippen LogP contribution in [0, 0.1) is 0 Å². The topological polar surface area (TPSA) is 6.48 Å². The Bertz CT molecular complexity index is 10100. The third-order valence-electron chi connectivity index (χ3n) is 32.8. The monoisotopic (exact) mass is 1820 g/mol. The number of anilines is 6. The first kappa shape index (κ1) is 80.4. The Morgan fingerprint density at radius 1 is 0.111 bits per heavy atom. The van der Waals surface area contributed by atoms with Gasteiger partial charge in [0.25, 0.3) is 0 Å². The molecule has 0 heterocycles. The molecule has 31 rings (SSSR count). The molecule has 27 aromatic carbocycles. The van der Waals surface area contributed by atoms with Gasteiger partial charge in [-0.2, -0.15) is 0 Å². The lowest BCUT2D eigenvalue weighted by atomic mass is 9.70. The maximum Gasteiger partial charge on any atom is 0.0726 e. The van der Waals surface area contributed by atoms with E-state index < -0.39 is 10.8 Å². The average Bonchev–Trinajstić information content (AvgIpc) is 1.51.